The molecule has 7 heteroatoms. The highest BCUT2D eigenvalue weighted by atomic mass is 16.6. The lowest BCUT2D eigenvalue weighted by molar-refractivity contribution is -0.385. The number of aryl methyl sites for hydroxylation is 2. The van der Waals surface area contributed by atoms with Gasteiger partial charge in [-0.1, -0.05) is 30.3 Å². The Labute approximate surface area is 122 Å². The maximum absolute atomic E-state index is 11.1. The molecule has 110 valence electrons. The highest BCUT2D eigenvalue weighted by Crippen LogP contribution is 2.25. The first-order chi connectivity index (χ1) is 10.1. The monoisotopic (exact) mass is 287 g/mol. The van der Waals surface area contributed by atoms with Crippen LogP contribution in [0.1, 0.15) is 17.7 Å². The molecule has 0 bridgehead atoms. The summed E-state index contributed by atoms with van der Waals surface area (Å²) in [5.41, 5.74) is 6.91. The van der Waals surface area contributed by atoms with E-state index in [4.69, 9.17) is 5.73 Å². The number of aromatic nitrogens is 2. The normalized spacial score (nSPS) is 10.3. The number of hydrogen-bond donors (Lipinski definition) is 2. The van der Waals surface area contributed by atoms with Crippen molar-refractivity contribution in [1.82, 2.24) is 9.97 Å². The Balaban J connectivity index is 1.98. The van der Waals surface area contributed by atoms with Gasteiger partial charge in [0.2, 0.25) is 11.8 Å². The van der Waals surface area contributed by atoms with Crippen LogP contribution in [0.5, 0.6) is 0 Å². The molecule has 0 atom stereocenters. The van der Waals surface area contributed by atoms with Gasteiger partial charge in [0, 0.05) is 6.54 Å². The van der Waals surface area contributed by atoms with E-state index in [0.29, 0.717) is 6.54 Å². The first-order valence-electron chi connectivity index (χ1n) is 6.64. The van der Waals surface area contributed by atoms with Crippen molar-refractivity contribution in [3.63, 3.8) is 0 Å². The van der Waals surface area contributed by atoms with Crippen molar-refractivity contribution in [3.8, 4) is 0 Å². The number of anilines is 2. The zero-order chi connectivity index (χ0) is 15.2. The quantitative estimate of drug-likeness (QED) is 0.479. The lowest BCUT2D eigenvalue weighted by atomic mass is 10.1. The third-order valence-corrected chi connectivity index (χ3v) is 3.04. The first-order valence-corrected chi connectivity index (χ1v) is 6.64. The third kappa shape index (κ3) is 3.88. The molecule has 0 unspecified atom stereocenters. The van der Waals surface area contributed by atoms with Crippen molar-refractivity contribution in [2.75, 3.05) is 17.6 Å². The van der Waals surface area contributed by atoms with Crippen LogP contribution in [0.3, 0.4) is 0 Å². The van der Waals surface area contributed by atoms with Gasteiger partial charge in [0.05, 0.1) is 4.92 Å². The van der Waals surface area contributed by atoms with Crippen molar-refractivity contribution in [2.45, 2.75) is 19.8 Å². The zero-order valence-corrected chi connectivity index (χ0v) is 11.7. The fraction of sp³-hybridized carbons (Fsp3) is 0.286. The van der Waals surface area contributed by atoms with E-state index in [2.05, 4.69) is 27.4 Å². The van der Waals surface area contributed by atoms with Gasteiger partial charge in [-0.2, -0.15) is 4.98 Å². The molecule has 7 nitrogen and oxygen atoms in total. The lowest BCUT2D eigenvalue weighted by Crippen LogP contribution is -2.11. The Morgan fingerprint density at radius 1 is 1.29 bits per heavy atom. The minimum absolute atomic E-state index is 0.0312. The molecule has 0 radical (unpaired) electrons. The molecule has 2 aromatic rings. The smallest absolute Gasteiger partial charge is 0.332 e. The zero-order valence-electron chi connectivity index (χ0n) is 11.7. The minimum Gasteiger partial charge on any atom is -0.368 e. The second-order valence-electron chi connectivity index (χ2n) is 4.64. The second-order valence-corrected chi connectivity index (χ2v) is 4.64. The fourth-order valence-corrected chi connectivity index (χ4v) is 2.07. The molecule has 0 amide bonds. The number of nitrogens with one attached hydrogen (secondary N) is 1. The van der Waals surface area contributed by atoms with Crippen molar-refractivity contribution in [1.29, 1.82) is 0 Å². The fourth-order valence-electron chi connectivity index (χ4n) is 2.07. The van der Waals surface area contributed by atoms with E-state index in [0.717, 1.165) is 12.8 Å². The van der Waals surface area contributed by atoms with E-state index in [1.807, 2.05) is 18.2 Å². The van der Waals surface area contributed by atoms with E-state index >= 15 is 0 Å². The van der Waals surface area contributed by atoms with E-state index < -0.39 is 4.92 Å². The van der Waals surface area contributed by atoms with Crippen LogP contribution in [-0.2, 0) is 6.42 Å². The molecule has 0 spiro atoms. The number of rotatable bonds is 6. The summed E-state index contributed by atoms with van der Waals surface area (Å²) in [6, 6.07) is 10.0. The van der Waals surface area contributed by atoms with Gasteiger partial charge >= 0.3 is 5.69 Å². The van der Waals surface area contributed by atoms with Crippen LogP contribution in [0.15, 0.2) is 30.3 Å². The Kier molecular flexibility index (Phi) is 4.65. The molecule has 0 aliphatic rings. The van der Waals surface area contributed by atoms with Crippen molar-refractivity contribution in [3.05, 3.63) is 51.7 Å². The molecule has 0 aliphatic carbocycles. The predicted octanol–water partition coefficient (Wildman–Crippen LogP) is 2.32. The van der Waals surface area contributed by atoms with Crippen LogP contribution in [0.4, 0.5) is 17.5 Å². The van der Waals surface area contributed by atoms with Crippen LogP contribution in [0, 0.1) is 17.0 Å². The average Bonchev–Trinajstić information content (AvgIpc) is 2.43. The number of nitrogens with zero attached hydrogens (tertiary/aromatic N) is 3. The molecule has 3 N–H and O–H groups in total. The summed E-state index contributed by atoms with van der Waals surface area (Å²) in [6.45, 7) is 2.12. The van der Waals surface area contributed by atoms with Gasteiger partial charge in [-0.05, 0) is 25.3 Å². The Bertz CT molecular complexity index is 631. The summed E-state index contributed by atoms with van der Waals surface area (Å²) >= 11 is 0. The lowest BCUT2D eigenvalue weighted by Gasteiger charge is -2.08. The first kappa shape index (κ1) is 14.7. The summed E-state index contributed by atoms with van der Waals surface area (Å²) < 4.78 is 0. The van der Waals surface area contributed by atoms with Gasteiger partial charge in [-0.3, -0.25) is 10.1 Å². The molecule has 1 aromatic carbocycles. The van der Waals surface area contributed by atoms with E-state index in [9.17, 15) is 10.1 Å². The predicted molar refractivity (Wildman–Crippen MR) is 81.1 cm³/mol. The Morgan fingerprint density at radius 2 is 2.00 bits per heavy atom. The largest absolute Gasteiger partial charge is 0.368 e. The molecular formula is C14H17N5O2. The molecule has 1 heterocycles. The third-order valence-electron chi connectivity index (χ3n) is 3.04. The van der Waals surface area contributed by atoms with Gasteiger partial charge in [-0.15, -0.1) is 0 Å². The van der Waals surface area contributed by atoms with Crippen LogP contribution in [0.25, 0.3) is 0 Å². The number of nitro groups is 1. The topological polar surface area (TPSA) is 107 Å². The molecule has 0 saturated carbocycles. The summed E-state index contributed by atoms with van der Waals surface area (Å²) in [6.07, 6.45) is 1.73. The van der Waals surface area contributed by atoms with Crippen LogP contribution in [-0.4, -0.2) is 21.4 Å². The van der Waals surface area contributed by atoms with E-state index in [-0.39, 0.29) is 23.1 Å². The van der Waals surface area contributed by atoms with Crippen LogP contribution in [0.2, 0.25) is 0 Å². The van der Waals surface area contributed by atoms with E-state index in [1.165, 1.54) is 5.56 Å². The van der Waals surface area contributed by atoms with Gasteiger partial charge in [0.15, 0.2) is 0 Å². The second kappa shape index (κ2) is 6.65. The Hall–Kier alpha value is -2.70. The van der Waals surface area contributed by atoms with Crippen molar-refractivity contribution < 1.29 is 4.92 Å². The molecule has 0 aliphatic heterocycles. The number of hydrogen-bond acceptors (Lipinski definition) is 6. The van der Waals surface area contributed by atoms with Gasteiger partial charge in [-0.25, -0.2) is 4.98 Å². The average molecular weight is 287 g/mol. The minimum atomic E-state index is -0.492. The standard InChI is InChI=1S/C14H17N5O2/c1-10-12(19(20)21)13(18-14(15)17-10)16-9-5-8-11-6-3-2-4-7-11/h2-4,6-7H,5,8-9H2,1H3,(H3,15,16,17,18). The number of nitrogen functional groups attached to an aromatic ring is 1. The number of nitrogens with two attached hydrogens (primary N) is 1. The summed E-state index contributed by atoms with van der Waals surface area (Å²) in [4.78, 5) is 18.3. The number of benzene rings is 1. The molecular weight excluding hydrogens is 270 g/mol. The van der Waals surface area contributed by atoms with E-state index in [1.54, 1.807) is 6.92 Å². The van der Waals surface area contributed by atoms with Crippen LogP contribution >= 0.6 is 0 Å². The maximum Gasteiger partial charge on any atom is 0.332 e. The molecule has 0 fully saturated rings. The maximum atomic E-state index is 11.1. The van der Waals surface area contributed by atoms with Crippen molar-refractivity contribution in [2.24, 2.45) is 0 Å². The Morgan fingerprint density at radius 3 is 2.67 bits per heavy atom. The highest BCUT2D eigenvalue weighted by Gasteiger charge is 2.20. The molecule has 0 saturated heterocycles. The van der Waals surface area contributed by atoms with Gasteiger partial charge in [0.1, 0.15) is 5.69 Å². The summed E-state index contributed by atoms with van der Waals surface area (Å²) in [5.74, 6) is 0.210. The molecule has 21 heavy (non-hydrogen) atoms. The van der Waals surface area contributed by atoms with Gasteiger partial charge < -0.3 is 11.1 Å². The summed E-state index contributed by atoms with van der Waals surface area (Å²) in [5, 5.41) is 14.0. The SMILES string of the molecule is Cc1nc(N)nc(NCCCc2ccccc2)c1[N+](=O)[O-]. The van der Waals surface area contributed by atoms with Crippen molar-refractivity contribution >= 4 is 17.5 Å². The van der Waals surface area contributed by atoms with Gasteiger partial charge in [0.25, 0.3) is 0 Å². The molecule has 2 rings (SSSR count). The highest BCUT2D eigenvalue weighted by molar-refractivity contribution is 5.60. The summed E-state index contributed by atoms with van der Waals surface area (Å²) in [7, 11) is 0. The van der Waals surface area contributed by atoms with Crippen LogP contribution < -0.4 is 11.1 Å². The molecule has 1 aromatic heterocycles.